The van der Waals surface area contributed by atoms with Crippen molar-refractivity contribution in [2.24, 2.45) is 0 Å². The number of amides is 1. The van der Waals surface area contributed by atoms with E-state index in [1.165, 1.54) is 0 Å². The number of nitrogens with zero attached hydrogens (tertiary/aromatic N) is 1. The summed E-state index contributed by atoms with van der Waals surface area (Å²) < 4.78 is 0. The molecule has 1 heterocycles. The molecular weight excluding hydrogens is 259 g/mol. The van der Waals surface area contributed by atoms with Crippen molar-refractivity contribution in [1.29, 1.82) is 0 Å². The van der Waals surface area contributed by atoms with Crippen molar-refractivity contribution in [2.45, 2.75) is 26.3 Å². The van der Waals surface area contributed by atoms with Gasteiger partial charge in [-0.25, -0.2) is 0 Å². The molecule has 0 spiro atoms. The lowest BCUT2D eigenvalue weighted by molar-refractivity contribution is -0.122. The van der Waals surface area contributed by atoms with E-state index in [0.29, 0.717) is 16.6 Å². The molecule has 1 aromatic carbocycles. The smallest absolute Gasteiger partial charge is 0.252 e. The highest BCUT2D eigenvalue weighted by atomic mass is 35.5. The van der Waals surface area contributed by atoms with Crippen molar-refractivity contribution < 1.29 is 4.79 Å². The Morgan fingerprint density at radius 2 is 1.88 bits per heavy atom. The number of hydrogen-bond acceptors (Lipinski definition) is 2. The van der Waals surface area contributed by atoms with Gasteiger partial charge in [-0.3, -0.25) is 4.79 Å². The van der Waals surface area contributed by atoms with Crippen molar-refractivity contribution in [1.82, 2.24) is 0 Å². The summed E-state index contributed by atoms with van der Waals surface area (Å²) in [6, 6.07) is 3.49. The molecule has 5 heteroatoms. The van der Waals surface area contributed by atoms with Gasteiger partial charge in [-0.15, -0.1) is 0 Å². The Morgan fingerprint density at radius 1 is 1.29 bits per heavy atom. The molecule has 1 amide bonds. The van der Waals surface area contributed by atoms with E-state index in [9.17, 15) is 4.79 Å². The highest BCUT2D eigenvalue weighted by Gasteiger charge is 2.38. The number of carbonyl (C=O) groups excluding carboxylic acids is 1. The van der Waals surface area contributed by atoms with E-state index < -0.39 is 5.54 Å². The number of halogens is 2. The molecule has 17 heavy (non-hydrogen) atoms. The number of anilines is 2. The molecule has 0 saturated carbocycles. The predicted octanol–water partition coefficient (Wildman–Crippen LogP) is 3.55. The number of carbonyl (C=O) groups is 1. The van der Waals surface area contributed by atoms with Gasteiger partial charge < -0.3 is 10.2 Å². The summed E-state index contributed by atoms with van der Waals surface area (Å²) in [6.45, 7) is 6.24. The van der Waals surface area contributed by atoms with Gasteiger partial charge in [-0.05, 0) is 32.9 Å². The Balaban J connectivity index is 2.60. The van der Waals surface area contributed by atoms with Crippen LogP contribution >= 0.6 is 23.2 Å². The fourth-order valence-electron chi connectivity index (χ4n) is 2.01. The number of rotatable bonds is 1. The van der Waals surface area contributed by atoms with Gasteiger partial charge in [0, 0.05) is 6.54 Å². The Morgan fingerprint density at radius 3 is 2.47 bits per heavy atom. The van der Waals surface area contributed by atoms with Crippen LogP contribution in [0.4, 0.5) is 11.4 Å². The summed E-state index contributed by atoms with van der Waals surface area (Å²) in [5.41, 5.74) is 0.997. The fourth-order valence-corrected chi connectivity index (χ4v) is 2.33. The quantitative estimate of drug-likeness (QED) is 0.848. The summed E-state index contributed by atoms with van der Waals surface area (Å²) in [4.78, 5) is 13.9. The van der Waals surface area contributed by atoms with E-state index >= 15 is 0 Å². The van der Waals surface area contributed by atoms with Gasteiger partial charge >= 0.3 is 0 Å². The lowest BCUT2D eigenvalue weighted by atomic mass is 9.98. The highest BCUT2D eigenvalue weighted by Crippen LogP contribution is 2.40. The third kappa shape index (κ3) is 1.98. The standard InChI is InChI=1S/C12H14Cl2N2O/c1-4-16-10-6-8(14)7(13)5-9(10)15-12(2,3)11(16)17/h5-6,15H,4H2,1-3H3. The first-order chi connectivity index (χ1) is 7.86. The number of fused-ring (bicyclic) bond motifs is 1. The Bertz CT molecular complexity index is 486. The van der Waals surface area contributed by atoms with E-state index in [1.54, 1.807) is 17.0 Å². The predicted molar refractivity (Wildman–Crippen MR) is 72.2 cm³/mol. The lowest BCUT2D eigenvalue weighted by Gasteiger charge is -2.39. The van der Waals surface area contributed by atoms with E-state index in [-0.39, 0.29) is 5.91 Å². The summed E-state index contributed by atoms with van der Waals surface area (Å²) >= 11 is 12.0. The molecule has 0 saturated heterocycles. The van der Waals surface area contributed by atoms with Gasteiger partial charge in [0.2, 0.25) is 0 Å². The third-order valence-electron chi connectivity index (χ3n) is 2.87. The second-order valence-corrected chi connectivity index (χ2v) is 5.40. The molecule has 3 nitrogen and oxygen atoms in total. The van der Waals surface area contributed by atoms with Crippen molar-refractivity contribution in [3.8, 4) is 0 Å². The first kappa shape index (κ1) is 12.5. The SMILES string of the molecule is CCN1C(=O)C(C)(C)Nc2cc(Cl)c(Cl)cc21. The first-order valence-corrected chi connectivity index (χ1v) is 6.21. The van der Waals surface area contributed by atoms with Crippen LogP contribution in [0.1, 0.15) is 20.8 Å². The van der Waals surface area contributed by atoms with Gasteiger partial charge in [-0.1, -0.05) is 23.2 Å². The molecule has 0 fully saturated rings. The molecule has 1 N–H and O–H groups in total. The van der Waals surface area contributed by atoms with Crippen LogP contribution in [0.2, 0.25) is 10.0 Å². The molecule has 1 aromatic rings. The Kier molecular flexibility index (Phi) is 3.00. The largest absolute Gasteiger partial charge is 0.370 e. The second-order valence-electron chi connectivity index (χ2n) is 4.58. The molecule has 1 aliphatic heterocycles. The van der Waals surface area contributed by atoms with Gasteiger partial charge in [0.15, 0.2) is 0 Å². The monoisotopic (exact) mass is 272 g/mol. The number of nitrogens with one attached hydrogen (secondary N) is 1. The maximum atomic E-state index is 12.2. The van der Waals surface area contributed by atoms with Crippen LogP contribution in [-0.2, 0) is 4.79 Å². The van der Waals surface area contributed by atoms with Crippen LogP contribution < -0.4 is 10.2 Å². The Labute approximate surface area is 111 Å². The summed E-state index contributed by atoms with van der Waals surface area (Å²) in [5, 5.41) is 4.13. The van der Waals surface area contributed by atoms with Crippen LogP contribution in [0.15, 0.2) is 12.1 Å². The van der Waals surface area contributed by atoms with E-state index in [2.05, 4.69) is 5.32 Å². The normalized spacial score (nSPS) is 17.7. The zero-order valence-corrected chi connectivity index (χ0v) is 11.5. The molecule has 0 aromatic heterocycles. The average Bonchev–Trinajstić information content (AvgIpc) is 2.23. The maximum absolute atomic E-state index is 12.2. The molecule has 0 bridgehead atoms. The maximum Gasteiger partial charge on any atom is 0.252 e. The number of hydrogen-bond donors (Lipinski definition) is 1. The van der Waals surface area contributed by atoms with Gasteiger partial charge in [0.05, 0.1) is 21.4 Å². The van der Waals surface area contributed by atoms with Crippen LogP contribution in [0.3, 0.4) is 0 Å². The molecule has 0 radical (unpaired) electrons. The van der Waals surface area contributed by atoms with Crippen molar-refractivity contribution >= 4 is 40.5 Å². The van der Waals surface area contributed by atoms with E-state index in [1.807, 2.05) is 20.8 Å². The molecule has 92 valence electrons. The van der Waals surface area contributed by atoms with Gasteiger partial charge in [0.1, 0.15) is 5.54 Å². The molecular formula is C12H14Cl2N2O. The molecule has 0 aliphatic carbocycles. The average molecular weight is 273 g/mol. The minimum absolute atomic E-state index is 0.0332. The molecule has 0 unspecified atom stereocenters. The first-order valence-electron chi connectivity index (χ1n) is 5.46. The van der Waals surface area contributed by atoms with Crippen LogP contribution in [0, 0.1) is 0 Å². The summed E-state index contributed by atoms with van der Waals surface area (Å²) in [6.07, 6.45) is 0. The summed E-state index contributed by atoms with van der Waals surface area (Å²) in [5.74, 6) is 0.0332. The summed E-state index contributed by atoms with van der Waals surface area (Å²) in [7, 11) is 0. The lowest BCUT2D eigenvalue weighted by Crippen LogP contribution is -2.53. The van der Waals surface area contributed by atoms with Crippen molar-refractivity contribution in [2.75, 3.05) is 16.8 Å². The van der Waals surface area contributed by atoms with Crippen LogP contribution in [-0.4, -0.2) is 18.0 Å². The minimum atomic E-state index is -0.625. The fraction of sp³-hybridized carbons (Fsp3) is 0.417. The Hall–Kier alpha value is -0.930. The number of benzene rings is 1. The highest BCUT2D eigenvalue weighted by molar-refractivity contribution is 6.42. The van der Waals surface area contributed by atoms with Crippen molar-refractivity contribution in [3.63, 3.8) is 0 Å². The van der Waals surface area contributed by atoms with E-state index in [4.69, 9.17) is 23.2 Å². The van der Waals surface area contributed by atoms with Crippen LogP contribution in [0.25, 0.3) is 0 Å². The van der Waals surface area contributed by atoms with Gasteiger partial charge in [0.25, 0.3) is 5.91 Å². The van der Waals surface area contributed by atoms with Crippen molar-refractivity contribution in [3.05, 3.63) is 22.2 Å². The van der Waals surface area contributed by atoms with E-state index in [0.717, 1.165) is 11.4 Å². The number of likely N-dealkylation sites (N-methyl/N-ethyl adjacent to an activating group) is 1. The zero-order valence-electron chi connectivity index (χ0n) is 9.97. The van der Waals surface area contributed by atoms with Gasteiger partial charge in [-0.2, -0.15) is 0 Å². The third-order valence-corrected chi connectivity index (χ3v) is 3.59. The second kappa shape index (κ2) is 4.07. The topological polar surface area (TPSA) is 32.3 Å². The van der Waals surface area contributed by atoms with Crippen LogP contribution in [0.5, 0.6) is 0 Å². The molecule has 0 atom stereocenters. The minimum Gasteiger partial charge on any atom is -0.370 e. The molecule has 1 aliphatic rings. The molecule has 2 rings (SSSR count). The zero-order chi connectivity index (χ0) is 12.8.